The molecule has 0 radical (unpaired) electrons. The summed E-state index contributed by atoms with van der Waals surface area (Å²) in [4.78, 5) is 11.9. The van der Waals surface area contributed by atoms with E-state index in [9.17, 15) is 4.79 Å². The molecule has 0 aromatic heterocycles. The Kier molecular flexibility index (Phi) is 4.82. The lowest BCUT2D eigenvalue weighted by Gasteiger charge is -2.18. The lowest BCUT2D eigenvalue weighted by molar-refractivity contribution is -0.119. The molecule has 1 aromatic carbocycles. The third-order valence-electron chi connectivity index (χ3n) is 3.13. The summed E-state index contributed by atoms with van der Waals surface area (Å²) in [5, 5.41) is 6.41. The van der Waals surface area contributed by atoms with Crippen molar-refractivity contribution in [2.75, 3.05) is 13.1 Å². The molecule has 0 bridgehead atoms. The van der Waals surface area contributed by atoms with E-state index in [-0.39, 0.29) is 18.1 Å². The highest BCUT2D eigenvalue weighted by atomic mass is 35.5. The molecule has 1 aromatic rings. The molecule has 0 unspecified atom stereocenters. The standard InChI is InChI=1S/C15H18ClN3O/c1-10(17)19-15(20)8-13-12(5-2-6-14(13)16)11-4-3-7-18-9-11/h2,4-6,18H,1,3,7-9,17H2,(H,19,20). The lowest BCUT2D eigenvalue weighted by Crippen LogP contribution is -2.28. The largest absolute Gasteiger partial charge is 0.386 e. The molecule has 0 spiro atoms. The summed E-state index contributed by atoms with van der Waals surface area (Å²) in [6.07, 6.45) is 3.35. The van der Waals surface area contributed by atoms with Gasteiger partial charge in [-0.1, -0.05) is 36.4 Å². The number of benzene rings is 1. The Morgan fingerprint density at radius 1 is 1.50 bits per heavy atom. The molecule has 20 heavy (non-hydrogen) atoms. The molecule has 2 rings (SSSR count). The number of nitrogens with two attached hydrogens (primary N) is 1. The van der Waals surface area contributed by atoms with Crippen molar-refractivity contribution in [3.05, 3.63) is 52.8 Å². The summed E-state index contributed by atoms with van der Waals surface area (Å²) in [6, 6.07) is 5.68. The average molecular weight is 292 g/mol. The lowest BCUT2D eigenvalue weighted by atomic mass is 9.95. The van der Waals surface area contributed by atoms with Crippen LogP contribution in [-0.4, -0.2) is 19.0 Å². The second-order valence-corrected chi connectivity index (χ2v) is 5.12. The van der Waals surface area contributed by atoms with Crippen molar-refractivity contribution in [3.63, 3.8) is 0 Å². The van der Waals surface area contributed by atoms with Gasteiger partial charge in [0, 0.05) is 11.6 Å². The second kappa shape index (κ2) is 6.59. The third kappa shape index (κ3) is 3.62. The zero-order valence-electron chi connectivity index (χ0n) is 11.2. The van der Waals surface area contributed by atoms with Crippen LogP contribution in [0.15, 0.2) is 36.7 Å². The van der Waals surface area contributed by atoms with Gasteiger partial charge in [0.15, 0.2) is 0 Å². The third-order valence-corrected chi connectivity index (χ3v) is 3.48. The maximum atomic E-state index is 11.9. The molecule has 0 saturated heterocycles. The minimum Gasteiger partial charge on any atom is -0.386 e. The van der Waals surface area contributed by atoms with Crippen LogP contribution in [0.25, 0.3) is 5.57 Å². The fourth-order valence-electron chi connectivity index (χ4n) is 2.27. The van der Waals surface area contributed by atoms with Crippen LogP contribution in [0.5, 0.6) is 0 Å². The summed E-state index contributed by atoms with van der Waals surface area (Å²) < 4.78 is 0. The van der Waals surface area contributed by atoms with Gasteiger partial charge in [-0.3, -0.25) is 4.79 Å². The number of hydrogen-bond donors (Lipinski definition) is 3. The van der Waals surface area contributed by atoms with Gasteiger partial charge in [-0.2, -0.15) is 0 Å². The summed E-state index contributed by atoms with van der Waals surface area (Å²) in [5.41, 5.74) is 8.40. The van der Waals surface area contributed by atoms with Gasteiger partial charge in [0.05, 0.1) is 12.2 Å². The predicted molar refractivity (Wildman–Crippen MR) is 82.1 cm³/mol. The molecular weight excluding hydrogens is 274 g/mol. The van der Waals surface area contributed by atoms with Crippen molar-refractivity contribution in [2.24, 2.45) is 5.73 Å². The summed E-state index contributed by atoms with van der Waals surface area (Å²) in [7, 11) is 0. The molecular formula is C15H18ClN3O. The number of carbonyl (C=O) groups is 1. The van der Waals surface area contributed by atoms with Gasteiger partial charge in [-0.25, -0.2) is 0 Å². The Bertz CT molecular complexity index is 566. The summed E-state index contributed by atoms with van der Waals surface area (Å²) in [5.74, 6) is -0.0710. The Morgan fingerprint density at radius 2 is 2.30 bits per heavy atom. The molecule has 1 aliphatic rings. The van der Waals surface area contributed by atoms with Gasteiger partial charge in [-0.15, -0.1) is 0 Å². The van der Waals surface area contributed by atoms with E-state index in [0.717, 1.165) is 30.6 Å². The molecule has 0 fully saturated rings. The minimum atomic E-state index is -0.212. The molecule has 4 nitrogen and oxygen atoms in total. The number of hydrogen-bond acceptors (Lipinski definition) is 3. The molecule has 5 heteroatoms. The van der Waals surface area contributed by atoms with Gasteiger partial charge < -0.3 is 16.4 Å². The van der Waals surface area contributed by atoms with Crippen molar-refractivity contribution in [1.29, 1.82) is 0 Å². The predicted octanol–water partition coefficient (Wildman–Crippen LogP) is 1.81. The molecule has 0 aliphatic carbocycles. The average Bonchev–Trinajstić information content (AvgIpc) is 2.41. The normalized spacial score (nSPS) is 14.6. The number of nitrogens with one attached hydrogen (secondary N) is 2. The van der Waals surface area contributed by atoms with Gasteiger partial charge in [0.2, 0.25) is 5.91 Å². The first-order valence-corrected chi connectivity index (χ1v) is 6.87. The topological polar surface area (TPSA) is 67.1 Å². The van der Waals surface area contributed by atoms with Gasteiger partial charge in [-0.05, 0) is 35.7 Å². The fourth-order valence-corrected chi connectivity index (χ4v) is 2.51. The van der Waals surface area contributed by atoms with Crippen LogP contribution in [0.3, 0.4) is 0 Å². The first-order chi connectivity index (χ1) is 9.58. The molecule has 1 aliphatic heterocycles. The molecule has 106 valence electrons. The van der Waals surface area contributed by atoms with Crippen LogP contribution in [0.2, 0.25) is 5.02 Å². The first-order valence-electron chi connectivity index (χ1n) is 6.49. The highest BCUT2D eigenvalue weighted by Gasteiger charge is 2.15. The maximum absolute atomic E-state index is 11.9. The van der Waals surface area contributed by atoms with E-state index >= 15 is 0 Å². The monoisotopic (exact) mass is 291 g/mol. The van der Waals surface area contributed by atoms with Crippen LogP contribution < -0.4 is 16.4 Å². The Morgan fingerprint density at radius 3 is 2.95 bits per heavy atom. The number of carbonyl (C=O) groups excluding carboxylic acids is 1. The molecule has 0 saturated carbocycles. The second-order valence-electron chi connectivity index (χ2n) is 4.71. The molecule has 1 amide bonds. The quantitative estimate of drug-likeness (QED) is 0.792. The van der Waals surface area contributed by atoms with E-state index in [1.54, 1.807) is 6.07 Å². The van der Waals surface area contributed by atoms with Crippen LogP contribution in [0.4, 0.5) is 0 Å². The zero-order chi connectivity index (χ0) is 14.5. The number of rotatable bonds is 4. The molecule has 1 heterocycles. The Labute approximate surface area is 123 Å². The van der Waals surface area contributed by atoms with Crippen molar-refractivity contribution in [2.45, 2.75) is 12.8 Å². The first kappa shape index (κ1) is 14.6. The number of amides is 1. The van der Waals surface area contributed by atoms with Crippen LogP contribution in [0.1, 0.15) is 17.5 Å². The van der Waals surface area contributed by atoms with Crippen molar-refractivity contribution in [3.8, 4) is 0 Å². The maximum Gasteiger partial charge on any atom is 0.229 e. The van der Waals surface area contributed by atoms with Crippen molar-refractivity contribution >= 4 is 23.1 Å². The summed E-state index contributed by atoms with van der Waals surface area (Å²) >= 11 is 6.25. The van der Waals surface area contributed by atoms with Gasteiger partial charge >= 0.3 is 0 Å². The fraction of sp³-hybridized carbons (Fsp3) is 0.267. The van der Waals surface area contributed by atoms with Crippen LogP contribution in [-0.2, 0) is 11.2 Å². The van der Waals surface area contributed by atoms with E-state index in [4.69, 9.17) is 17.3 Å². The van der Waals surface area contributed by atoms with Gasteiger partial charge in [0.25, 0.3) is 0 Å². The Balaban J connectivity index is 2.29. The molecule has 0 atom stereocenters. The van der Waals surface area contributed by atoms with E-state index in [1.807, 2.05) is 12.1 Å². The highest BCUT2D eigenvalue weighted by Crippen LogP contribution is 2.27. The van der Waals surface area contributed by atoms with E-state index in [2.05, 4.69) is 23.3 Å². The molecule has 4 N–H and O–H groups in total. The number of halogens is 1. The van der Waals surface area contributed by atoms with Crippen molar-refractivity contribution < 1.29 is 4.79 Å². The van der Waals surface area contributed by atoms with Crippen molar-refractivity contribution in [1.82, 2.24) is 10.6 Å². The van der Waals surface area contributed by atoms with Gasteiger partial charge in [0.1, 0.15) is 0 Å². The zero-order valence-corrected chi connectivity index (χ0v) is 12.0. The van der Waals surface area contributed by atoms with Crippen LogP contribution in [0, 0.1) is 0 Å². The highest BCUT2D eigenvalue weighted by molar-refractivity contribution is 6.31. The van der Waals surface area contributed by atoms with E-state index in [1.165, 1.54) is 5.57 Å². The Hall–Kier alpha value is -1.78. The smallest absolute Gasteiger partial charge is 0.229 e. The van der Waals surface area contributed by atoms with Crippen LogP contribution >= 0.6 is 11.6 Å². The van der Waals surface area contributed by atoms with E-state index < -0.39 is 0 Å². The minimum absolute atomic E-state index is 0.141. The van der Waals surface area contributed by atoms with E-state index in [0.29, 0.717) is 5.02 Å². The summed E-state index contributed by atoms with van der Waals surface area (Å²) in [6.45, 7) is 5.23. The SMILES string of the molecule is C=C(N)NC(=O)Cc1c(Cl)cccc1C1=CCCNC1.